The van der Waals surface area contributed by atoms with Crippen LogP contribution in [0.15, 0.2) is 12.1 Å². The molecule has 0 saturated carbocycles. The zero-order valence-electron chi connectivity index (χ0n) is 14.3. The summed E-state index contributed by atoms with van der Waals surface area (Å²) in [5.74, 6) is 0.574. The number of nitrogens with zero attached hydrogens (tertiary/aromatic N) is 2. The minimum atomic E-state index is -0.0996. The van der Waals surface area contributed by atoms with Crippen LogP contribution >= 0.6 is 0 Å². The Bertz CT molecular complexity index is 596. The Kier molecular flexibility index (Phi) is 4.82. The fourth-order valence-corrected chi connectivity index (χ4v) is 3.42. The molecule has 2 fully saturated rings. The molecule has 1 amide bonds. The topological polar surface area (TPSA) is 71.5 Å². The molecule has 1 N–H and O–H groups in total. The van der Waals surface area contributed by atoms with E-state index in [1.807, 2.05) is 4.90 Å². The quantitative estimate of drug-likeness (QED) is 0.881. The number of methoxy groups -OCH3 is 2. The summed E-state index contributed by atoms with van der Waals surface area (Å²) < 4.78 is 16.0. The summed E-state index contributed by atoms with van der Waals surface area (Å²) in [6.45, 7) is 3.52. The van der Waals surface area contributed by atoms with Crippen LogP contribution < -0.4 is 9.47 Å². The predicted molar refractivity (Wildman–Crippen MR) is 87.8 cm³/mol. The van der Waals surface area contributed by atoms with Crippen LogP contribution in [0.3, 0.4) is 0 Å². The Labute approximate surface area is 141 Å². The Hall–Kier alpha value is -1.99. The van der Waals surface area contributed by atoms with E-state index in [0.717, 1.165) is 6.54 Å². The van der Waals surface area contributed by atoms with E-state index in [1.54, 1.807) is 12.1 Å². The number of aromatic hydroxyl groups is 1. The van der Waals surface area contributed by atoms with Gasteiger partial charge in [0.25, 0.3) is 5.91 Å². The molecule has 132 valence electrons. The number of hydrogen-bond acceptors (Lipinski definition) is 6. The minimum Gasteiger partial charge on any atom is -0.502 e. The van der Waals surface area contributed by atoms with Gasteiger partial charge in [-0.05, 0) is 19.2 Å². The van der Waals surface area contributed by atoms with Gasteiger partial charge in [-0.3, -0.25) is 9.69 Å². The number of carbonyl (C=O) groups excluding carboxylic acids is 1. The number of fused-ring (bicyclic) bond motifs is 3. The lowest BCUT2D eigenvalue weighted by atomic mass is 10.1. The molecule has 2 heterocycles. The molecule has 24 heavy (non-hydrogen) atoms. The second-order valence-electron chi connectivity index (χ2n) is 6.44. The first-order chi connectivity index (χ1) is 11.5. The van der Waals surface area contributed by atoms with Gasteiger partial charge >= 0.3 is 0 Å². The maximum absolute atomic E-state index is 13.0. The van der Waals surface area contributed by atoms with Gasteiger partial charge in [0.2, 0.25) is 5.75 Å². The Balaban J connectivity index is 1.88. The van der Waals surface area contributed by atoms with Gasteiger partial charge in [0, 0.05) is 31.1 Å². The van der Waals surface area contributed by atoms with E-state index < -0.39 is 0 Å². The highest BCUT2D eigenvalue weighted by atomic mass is 16.5. The number of ether oxygens (including phenoxy) is 3. The van der Waals surface area contributed by atoms with Gasteiger partial charge in [-0.2, -0.15) is 0 Å². The number of likely N-dealkylation sites (N-methyl/N-ethyl adjacent to an activating group) is 1. The summed E-state index contributed by atoms with van der Waals surface area (Å²) in [6.07, 6.45) is 0. The molecule has 0 aliphatic carbocycles. The van der Waals surface area contributed by atoms with Gasteiger partial charge in [-0.1, -0.05) is 0 Å². The third-order valence-electron chi connectivity index (χ3n) is 4.76. The Morgan fingerprint density at radius 3 is 2.46 bits per heavy atom. The van der Waals surface area contributed by atoms with Gasteiger partial charge in [-0.15, -0.1) is 0 Å². The van der Waals surface area contributed by atoms with Crippen molar-refractivity contribution in [2.45, 2.75) is 6.04 Å². The predicted octanol–water partition coefficient (Wildman–Crippen LogP) is 0.812. The van der Waals surface area contributed by atoms with E-state index in [9.17, 15) is 9.90 Å². The molecular formula is C17H24N2O5. The number of amides is 1. The standard InChI is InChI=1S/C17H24N2O5/c1-18-6-11-7-19(8-13(18)10-24-9-11)17(21)12-4-14(22-2)16(20)15(5-12)23-3/h4-5,11,13,20H,6-10H2,1-3H3/t11-,13+/m1/s1. The molecule has 0 unspecified atom stereocenters. The van der Waals surface area contributed by atoms with E-state index in [2.05, 4.69) is 11.9 Å². The number of phenols is 1. The molecule has 2 saturated heterocycles. The zero-order chi connectivity index (χ0) is 17.3. The average molecular weight is 336 g/mol. The molecule has 3 rings (SSSR count). The normalized spacial score (nSPS) is 24.4. The molecule has 1 aromatic carbocycles. The van der Waals surface area contributed by atoms with Gasteiger partial charge in [-0.25, -0.2) is 0 Å². The molecule has 2 atom stereocenters. The van der Waals surface area contributed by atoms with Gasteiger partial charge < -0.3 is 24.2 Å². The second kappa shape index (κ2) is 6.86. The number of hydrogen-bond donors (Lipinski definition) is 1. The van der Waals surface area contributed by atoms with E-state index >= 15 is 0 Å². The number of rotatable bonds is 3. The van der Waals surface area contributed by atoms with Crippen LogP contribution in [-0.2, 0) is 4.74 Å². The molecule has 2 bridgehead atoms. The summed E-state index contributed by atoms with van der Waals surface area (Å²) in [7, 11) is 4.98. The molecule has 7 nitrogen and oxygen atoms in total. The van der Waals surface area contributed by atoms with Crippen molar-refractivity contribution >= 4 is 5.91 Å². The van der Waals surface area contributed by atoms with Crippen LogP contribution in [0, 0.1) is 5.92 Å². The van der Waals surface area contributed by atoms with E-state index in [1.165, 1.54) is 14.2 Å². The number of phenolic OH excluding ortho intramolecular Hbond substituents is 1. The Morgan fingerprint density at radius 2 is 1.83 bits per heavy atom. The van der Waals surface area contributed by atoms with Crippen LogP contribution in [0.5, 0.6) is 17.2 Å². The molecule has 1 aromatic rings. The highest BCUT2D eigenvalue weighted by Gasteiger charge is 2.34. The third-order valence-corrected chi connectivity index (χ3v) is 4.76. The fourth-order valence-electron chi connectivity index (χ4n) is 3.42. The highest BCUT2D eigenvalue weighted by molar-refractivity contribution is 5.95. The van der Waals surface area contributed by atoms with Crippen molar-refractivity contribution in [3.63, 3.8) is 0 Å². The second-order valence-corrected chi connectivity index (χ2v) is 6.44. The molecule has 2 aliphatic heterocycles. The van der Waals surface area contributed by atoms with Crippen molar-refractivity contribution < 1.29 is 24.1 Å². The molecule has 0 aromatic heterocycles. The smallest absolute Gasteiger partial charge is 0.254 e. The monoisotopic (exact) mass is 336 g/mol. The van der Waals surface area contributed by atoms with Crippen molar-refractivity contribution in [3.05, 3.63) is 17.7 Å². The highest BCUT2D eigenvalue weighted by Crippen LogP contribution is 2.37. The summed E-state index contributed by atoms with van der Waals surface area (Å²) in [4.78, 5) is 17.1. The number of benzene rings is 1. The van der Waals surface area contributed by atoms with Gasteiger partial charge in [0.05, 0.1) is 33.5 Å². The summed E-state index contributed by atoms with van der Waals surface area (Å²) in [6, 6.07) is 3.31. The number of carbonyl (C=O) groups is 1. The van der Waals surface area contributed by atoms with Crippen LogP contribution in [0.1, 0.15) is 10.4 Å². The first-order valence-electron chi connectivity index (χ1n) is 8.05. The molecule has 0 spiro atoms. The maximum atomic E-state index is 13.0. The van der Waals surface area contributed by atoms with Crippen LogP contribution in [-0.4, -0.2) is 81.0 Å². The zero-order valence-corrected chi connectivity index (χ0v) is 14.3. The lowest BCUT2D eigenvalue weighted by Gasteiger charge is -2.30. The van der Waals surface area contributed by atoms with Crippen molar-refractivity contribution in [3.8, 4) is 17.2 Å². The first-order valence-corrected chi connectivity index (χ1v) is 8.05. The lowest BCUT2D eigenvalue weighted by molar-refractivity contribution is 0.0433. The average Bonchev–Trinajstić information content (AvgIpc) is 2.82. The van der Waals surface area contributed by atoms with E-state index in [-0.39, 0.29) is 29.2 Å². The van der Waals surface area contributed by atoms with Crippen molar-refractivity contribution in [2.75, 3.05) is 54.1 Å². The molecular weight excluding hydrogens is 312 g/mol. The van der Waals surface area contributed by atoms with Crippen LogP contribution in [0.25, 0.3) is 0 Å². The fraction of sp³-hybridized carbons (Fsp3) is 0.588. The third kappa shape index (κ3) is 3.14. The first kappa shape index (κ1) is 16.9. The lowest BCUT2D eigenvalue weighted by Crippen LogP contribution is -2.44. The van der Waals surface area contributed by atoms with Crippen molar-refractivity contribution in [2.24, 2.45) is 5.92 Å². The molecule has 2 aliphatic rings. The largest absolute Gasteiger partial charge is 0.502 e. The van der Waals surface area contributed by atoms with Crippen molar-refractivity contribution in [1.29, 1.82) is 0 Å². The van der Waals surface area contributed by atoms with Gasteiger partial charge in [0.15, 0.2) is 11.5 Å². The van der Waals surface area contributed by atoms with Gasteiger partial charge in [0.1, 0.15) is 0 Å². The van der Waals surface area contributed by atoms with Crippen LogP contribution in [0.2, 0.25) is 0 Å². The Morgan fingerprint density at radius 1 is 1.17 bits per heavy atom. The van der Waals surface area contributed by atoms with E-state index in [0.29, 0.717) is 37.8 Å². The summed E-state index contributed by atoms with van der Waals surface area (Å²) >= 11 is 0. The summed E-state index contributed by atoms with van der Waals surface area (Å²) in [5, 5.41) is 10.0. The molecule has 0 radical (unpaired) electrons. The van der Waals surface area contributed by atoms with Crippen LogP contribution in [0.4, 0.5) is 0 Å². The molecule has 7 heteroatoms. The SMILES string of the molecule is COc1cc(C(=O)N2C[C@@H]3COC[C@H](C2)N(C)C3)cc(OC)c1O. The summed E-state index contributed by atoms with van der Waals surface area (Å²) in [5.41, 5.74) is 0.449. The maximum Gasteiger partial charge on any atom is 0.254 e. The van der Waals surface area contributed by atoms with Crippen molar-refractivity contribution in [1.82, 2.24) is 9.80 Å². The minimum absolute atomic E-state index is 0.0844. The van der Waals surface area contributed by atoms with E-state index in [4.69, 9.17) is 14.2 Å².